The standard InChI is InChI=1S/C17H16F2N2O5/c1-20(16(22)12-4-6-13(7-5-12)21(23)24)10-11-3-8-14(25-2)15(9-11)26-17(18)19/h3-9,17H,10H2,1-2H3. The summed E-state index contributed by atoms with van der Waals surface area (Å²) in [6.07, 6.45) is 0. The third-order valence-corrected chi connectivity index (χ3v) is 3.54. The Hall–Kier alpha value is -3.23. The zero-order valence-electron chi connectivity index (χ0n) is 14.0. The average molecular weight is 366 g/mol. The molecule has 0 N–H and O–H groups in total. The number of hydrogen-bond acceptors (Lipinski definition) is 5. The summed E-state index contributed by atoms with van der Waals surface area (Å²) in [4.78, 5) is 23.8. The molecule has 0 spiro atoms. The molecule has 0 aromatic heterocycles. The van der Waals surface area contributed by atoms with E-state index in [-0.39, 0.29) is 35.2 Å². The first kappa shape index (κ1) is 19.1. The average Bonchev–Trinajstić information content (AvgIpc) is 2.61. The van der Waals surface area contributed by atoms with E-state index in [0.717, 1.165) is 0 Å². The highest BCUT2D eigenvalue weighted by atomic mass is 19.3. The molecular formula is C17H16F2N2O5. The summed E-state index contributed by atoms with van der Waals surface area (Å²) in [6, 6.07) is 9.65. The van der Waals surface area contributed by atoms with Crippen molar-refractivity contribution in [3.63, 3.8) is 0 Å². The largest absolute Gasteiger partial charge is 0.493 e. The zero-order chi connectivity index (χ0) is 19.3. The molecule has 7 nitrogen and oxygen atoms in total. The summed E-state index contributed by atoms with van der Waals surface area (Å²) in [5.74, 6) is -0.346. The van der Waals surface area contributed by atoms with Gasteiger partial charge in [0.2, 0.25) is 0 Å². The number of benzene rings is 2. The van der Waals surface area contributed by atoms with E-state index in [4.69, 9.17) is 4.74 Å². The highest BCUT2D eigenvalue weighted by Crippen LogP contribution is 2.30. The number of carbonyl (C=O) groups is 1. The van der Waals surface area contributed by atoms with Gasteiger partial charge in [-0.1, -0.05) is 6.07 Å². The Balaban J connectivity index is 2.14. The molecule has 0 aliphatic carbocycles. The van der Waals surface area contributed by atoms with E-state index >= 15 is 0 Å². The molecule has 2 aromatic carbocycles. The van der Waals surface area contributed by atoms with Gasteiger partial charge < -0.3 is 14.4 Å². The zero-order valence-corrected chi connectivity index (χ0v) is 14.0. The molecule has 138 valence electrons. The number of alkyl halides is 2. The topological polar surface area (TPSA) is 81.9 Å². The number of non-ortho nitro benzene ring substituents is 1. The van der Waals surface area contributed by atoms with Crippen LogP contribution in [-0.4, -0.2) is 36.5 Å². The predicted octanol–water partition coefficient (Wildman–Crippen LogP) is 3.48. The van der Waals surface area contributed by atoms with Crippen molar-refractivity contribution in [2.75, 3.05) is 14.2 Å². The number of ether oxygens (including phenoxy) is 2. The second kappa shape index (κ2) is 8.24. The normalized spacial score (nSPS) is 10.5. The lowest BCUT2D eigenvalue weighted by Crippen LogP contribution is -2.26. The van der Waals surface area contributed by atoms with E-state index in [2.05, 4.69) is 4.74 Å². The number of rotatable bonds is 7. The molecule has 26 heavy (non-hydrogen) atoms. The van der Waals surface area contributed by atoms with Crippen molar-refractivity contribution in [2.24, 2.45) is 0 Å². The van der Waals surface area contributed by atoms with Crippen LogP contribution in [0.1, 0.15) is 15.9 Å². The van der Waals surface area contributed by atoms with Crippen molar-refractivity contribution in [1.82, 2.24) is 4.90 Å². The van der Waals surface area contributed by atoms with Crippen molar-refractivity contribution in [3.8, 4) is 11.5 Å². The Morgan fingerprint density at radius 2 is 1.85 bits per heavy atom. The number of halogens is 2. The minimum absolute atomic E-state index is 0.117. The molecule has 2 aromatic rings. The Labute approximate surface area is 147 Å². The van der Waals surface area contributed by atoms with Crippen LogP contribution in [0.25, 0.3) is 0 Å². The number of carbonyl (C=O) groups excluding carboxylic acids is 1. The van der Waals surface area contributed by atoms with Crippen molar-refractivity contribution >= 4 is 11.6 Å². The lowest BCUT2D eigenvalue weighted by molar-refractivity contribution is -0.384. The third-order valence-electron chi connectivity index (χ3n) is 3.54. The monoisotopic (exact) mass is 366 g/mol. The Bertz CT molecular complexity index is 796. The quantitative estimate of drug-likeness (QED) is 0.553. The SMILES string of the molecule is COc1ccc(CN(C)C(=O)c2ccc([N+](=O)[O-])cc2)cc1OC(F)F. The van der Waals surface area contributed by atoms with Gasteiger partial charge in [-0.15, -0.1) is 0 Å². The van der Waals surface area contributed by atoms with Gasteiger partial charge >= 0.3 is 6.61 Å². The second-order valence-electron chi connectivity index (χ2n) is 5.33. The molecule has 0 aliphatic rings. The summed E-state index contributed by atoms with van der Waals surface area (Å²) in [6.45, 7) is -2.88. The number of nitro benzene ring substituents is 1. The van der Waals surface area contributed by atoms with Crippen molar-refractivity contribution in [3.05, 3.63) is 63.7 Å². The molecule has 2 rings (SSSR count). The lowest BCUT2D eigenvalue weighted by Gasteiger charge is -2.18. The smallest absolute Gasteiger partial charge is 0.387 e. The summed E-state index contributed by atoms with van der Waals surface area (Å²) >= 11 is 0. The van der Waals surface area contributed by atoms with Crippen LogP contribution in [0, 0.1) is 10.1 Å². The van der Waals surface area contributed by atoms with Crippen LogP contribution in [0.15, 0.2) is 42.5 Å². The lowest BCUT2D eigenvalue weighted by atomic mass is 10.1. The van der Waals surface area contributed by atoms with Crippen LogP contribution in [-0.2, 0) is 6.54 Å². The molecule has 0 saturated heterocycles. The molecule has 0 radical (unpaired) electrons. The molecule has 0 fully saturated rings. The summed E-state index contributed by atoms with van der Waals surface area (Å²) in [5, 5.41) is 10.7. The molecule has 0 unspecified atom stereocenters. The van der Waals surface area contributed by atoms with Gasteiger partial charge in [0.25, 0.3) is 11.6 Å². The van der Waals surface area contributed by atoms with Crippen LogP contribution in [0.3, 0.4) is 0 Å². The molecule has 9 heteroatoms. The first-order valence-corrected chi connectivity index (χ1v) is 7.43. The van der Waals surface area contributed by atoms with Crippen LogP contribution >= 0.6 is 0 Å². The van der Waals surface area contributed by atoms with Crippen LogP contribution < -0.4 is 9.47 Å². The maximum Gasteiger partial charge on any atom is 0.387 e. The highest BCUT2D eigenvalue weighted by Gasteiger charge is 2.16. The van der Waals surface area contributed by atoms with E-state index in [0.29, 0.717) is 5.56 Å². The molecule has 0 aliphatic heterocycles. The molecule has 0 bridgehead atoms. The van der Waals surface area contributed by atoms with Gasteiger partial charge in [0.1, 0.15) is 0 Å². The van der Waals surface area contributed by atoms with Crippen molar-refractivity contribution in [1.29, 1.82) is 0 Å². The van der Waals surface area contributed by atoms with Crippen LogP contribution in [0.2, 0.25) is 0 Å². The Morgan fingerprint density at radius 3 is 2.38 bits per heavy atom. The van der Waals surface area contributed by atoms with E-state index in [1.165, 1.54) is 55.5 Å². The number of methoxy groups -OCH3 is 1. The first-order valence-electron chi connectivity index (χ1n) is 7.43. The van der Waals surface area contributed by atoms with Gasteiger partial charge in [0.05, 0.1) is 12.0 Å². The fraction of sp³-hybridized carbons (Fsp3) is 0.235. The third kappa shape index (κ3) is 4.65. The van der Waals surface area contributed by atoms with Gasteiger partial charge in [-0.2, -0.15) is 8.78 Å². The predicted molar refractivity (Wildman–Crippen MR) is 88.5 cm³/mol. The fourth-order valence-corrected chi connectivity index (χ4v) is 2.30. The Morgan fingerprint density at radius 1 is 1.19 bits per heavy atom. The van der Waals surface area contributed by atoms with Gasteiger partial charge in [-0.25, -0.2) is 0 Å². The van der Waals surface area contributed by atoms with Crippen LogP contribution in [0.4, 0.5) is 14.5 Å². The van der Waals surface area contributed by atoms with E-state index in [1.54, 1.807) is 6.07 Å². The minimum atomic E-state index is -3.00. The molecule has 0 heterocycles. The van der Waals surface area contributed by atoms with Crippen molar-refractivity contribution < 1.29 is 28.0 Å². The highest BCUT2D eigenvalue weighted by molar-refractivity contribution is 5.94. The first-order chi connectivity index (χ1) is 12.3. The van der Waals surface area contributed by atoms with Gasteiger partial charge in [-0.05, 0) is 29.8 Å². The second-order valence-corrected chi connectivity index (χ2v) is 5.33. The van der Waals surface area contributed by atoms with Gasteiger partial charge in [0, 0.05) is 31.3 Å². The molecule has 0 saturated carbocycles. The van der Waals surface area contributed by atoms with Gasteiger partial charge in [-0.3, -0.25) is 14.9 Å². The number of hydrogen-bond donors (Lipinski definition) is 0. The maximum absolute atomic E-state index is 12.5. The molecule has 1 amide bonds. The summed E-state index contributed by atoms with van der Waals surface area (Å²) in [5.41, 5.74) is 0.711. The molecular weight excluding hydrogens is 350 g/mol. The van der Waals surface area contributed by atoms with Crippen molar-refractivity contribution in [2.45, 2.75) is 13.2 Å². The van der Waals surface area contributed by atoms with E-state index < -0.39 is 11.5 Å². The number of nitro groups is 1. The molecule has 0 atom stereocenters. The summed E-state index contributed by atoms with van der Waals surface area (Å²) < 4.78 is 34.3. The number of nitrogens with zero attached hydrogens (tertiary/aromatic N) is 2. The fourth-order valence-electron chi connectivity index (χ4n) is 2.30. The minimum Gasteiger partial charge on any atom is -0.493 e. The van der Waals surface area contributed by atoms with E-state index in [1.807, 2.05) is 0 Å². The van der Waals surface area contributed by atoms with E-state index in [9.17, 15) is 23.7 Å². The number of amides is 1. The maximum atomic E-state index is 12.5. The summed E-state index contributed by atoms with van der Waals surface area (Å²) in [7, 11) is 2.86. The van der Waals surface area contributed by atoms with Crippen LogP contribution in [0.5, 0.6) is 11.5 Å². The van der Waals surface area contributed by atoms with Gasteiger partial charge in [0.15, 0.2) is 11.5 Å². The Kier molecular flexibility index (Phi) is 6.05.